The van der Waals surface area contributed by atoms with Crippen molar-refractivity contribution >= 4 is 11.5 Å². The molecule has 1 aromatic heterocycles. The zero-order valence-electron chi connectivity index (χ0n) is 13.2. The van der Waals surface area contributed by atoms with Crippen LogP contribution in [0.25, 0.3) is 5.57 Å². The van der Waals surface area contributed by atoms with Gasteiger partial charge in [0.2, 0.25) is 0 Å². The standard InChI is InChI=1S/C10H11NO2.C4H10.C2H6/c1-8(7-10(12)13-2)9-5-3-4-6-11-9;1-4(2)3;1-2/h3-7H,1-2H3;4H,1-3H3;1-2H3/b8-7+;;. The van der Waals surface area contributed by atoms with Gasteiger partial charge in [-0.2, -0.15) is 0 Å². The Labute approximate surface area is 117 Å². The van der Waals surface area contributed by atoms with E-state index in [2.05, 4.69) is 30.5 Å². The van der Waals surface area contributed by atoms with Crippen molar-refractivity contribution in [3.8, 4) is 0 Å². The molecule has 0 fully saturated rings. The number of ether oxygens (including phenoxy) is 1. The Hall–Kier alpha value is -1.64. The number of nitrogens with zero attached hydrogens (tertiary/aromatic N) is 1. The molecule has 0 aliphatic carbocycles. The van der Waals surface area contributed by atoms with Crippen molar-refractivity contribution in [3.05, 3.63) is 36.2 Å². The van der Waals surface area contributed by atoms with Crippen LogP contribution in [0.5, 0.6) is 0 Å². The number of methoxy groups -OCH3 is 1. The highest BCUT2D eigenvalue weighted by molar-refractivity contribution is 5.90. The zero-order valence-corrected chi connectivity index (χ0v) is 13.2. The smallest absolute Gasteiger partial charge is 0.330 e. The Balaban J connectivity index is 0. The van der Waals surface area contributed by atoms with Crippen molar-refractivity contribution in [2.24, 2.45) is 5.92 Å². The maximum absolute atomic E-state index is 10.9. The van der Waals surface area contributed by atoms with Crippen LogP contribution in [-0.4, -0.2) is 18.1 Å². The third kappa shape index (κ3) is 12.6. The molecule has 0 atom stereocenters. The lowest BCUT2D eigenvalue weighted by atomic mass is 10.2. The Morgan fingerprint density at radius 2 is 1.79 bits per heavy atom. The SMILES string of the molecule is CC.CC(C)C.COC(=O)/C=C(\C)c1ccccn1. The average Bonchev–Trinajstić information content (AvgIpc) is 2.41. The summed E-state index contributed by atoms with van der Waals surface area (Å²) in [6, 6.07) is 5.54. The van der Waals surface area contributed by atoms with E-state index < -0.39 is 0 Å². The fourth-order valence-corrected chi connectivity index (χ4v) is 0.906. The second-order valence-corrected chi connectivity index (χ2v) is 4.30. The highest BCUT2D eigenvalue weighted by Gasteiger charge is 1.99. The Morgan fingerprint density at radius 3 is 2.16 bits per heavy atom. The molecule has 0 unspecified atom stereocenters. The molecule has 0 radical (unpaired) electrons. The number of pyridine rings is 1. The summed E-state index contributed by atoms with van der Waals surface area (Å²) in [6.07, 6.45) is 3.10. The van der Waals surface area contributed by atoms with E-state index >= 15 is 0 Å². The van der Waals surface area contributed by atoms with Crippen LogP contribution < -0.4 is 0 Å². The summed E-state index contributed by atoms with van der Waals surface area (Å²) in [4.78, 5) is 15.0. The number of allylic oxidation sites excluding steroid dienone is 1. The lowest BCUT2D eigenvalue weighted by molar-refractivity contribution is -0.134. The van der Waals surface area contributed by atoms with E-state index in [4.69, 9.17) is 0 Å². The number of rotatable bonds is 2. The van der Waals surface area contributed by atoms with Gasteiger partial charge >= 0.3 is 5.97 Å². The molecule has 0 aromatic carbocycles. The minimum absolute atomic E-state index is 0.358. The number of aromatic nitrogens is 1. The van der Waals surface area contributed by atoms with Gasteiger partial charge in [-0.3, -0.25) is 4.98 Å². The molecule has 0 amide bonds. The first kappa shape index (κ1) is 19.7. The Morgan fingerprint density at radius 1 is 1.26 bits per heavy atom. The minimum atomic E-state index is -0.358. The Kier molecular flexibility index (Phi) is 13.3. The van der Waals surface area contributed by atoms with Gasteiger partial charge < -0.3 is 4.74 Å². The van der Waals surface area contributed by atoms with Crippen molar-refractivity contribution in [2.45, 2.75) is 41.5 Å². The number of hydrogen-bond acceptors (Lipinski definition) is 3. The maximum Gasteiger partial charge on any atom is 0.330 e. The molecular weight excluding hydrogens is 238 g/mol. The zero-order chi connectivity index (χ0) is 15.3. The maximum atomic E-state index is 10.9. The van der Waals surface area contributed by atoms with Crippen LogP contribution in [0.4, 0.5) is 0 Å². The largest absolute Gasteiger partial charge is 0.466 e. The second-order valence-electron chi connectivity index (χ2n) is 4.30. The topological polar surface area (TPSA) is 39.2 Å². The molecule has 0 aliphatic rings. The molecule has 3 heteroatoms. The van der Waals surface area contributed by atoms with Gasteiger partial charge in [0.1, 0.15) is 0 Å². The molecule has 108 valence electrons. The van der Waals surface area contributed by atoms with Crippen molar-refractivity contribution in [1.29, 1.82) is 0 Å². The lowest BCUT2D eigenvalue weighted by Gasteiger charge is -1.98. The highest BCUT2D eigenvalue weighted by Crippen LogP contribution is 2.09. The van der Waals surface area contributed by atoms with Gasteiger partial charge in [-0.1, -0.05) is 40.7 Å². The van der Waals surface area contributed by atoms with E-state index in [0.29, 0.717) is 0 Å². The fourth-order valence-electron chi connectivity index (χ4n) is 0.906. The number of hydrogen-bond donors (Lipinski definition) is 0. The summed E-state index contributed by atoms with van der Waals surface area (Å²) in [7, 11) is 1.35. The molecule has 0 spiro atoms. The van der Waals surface area contributed by atoms with Gasteiger partial charge in [0, 0.05) is 12.3 Å². The summed E-state index contributed by atoms with van der Waals surface area (Å²) in [6.45, 7) is 12.3. The van der Waals surface area contributed by atoms with Crippen LogP contribution in [0.1, 0.15) is 47.2 Å². The van der Waals surface area contributed by atoms with Gasteiger partial charge in [0.15, 0.2) is 0 Å². The summed E-state index contributed by atoms with van der Waals surface area (Å²) in [5.74, 6) is 0.475. The summed E-state index contributed by atoms with van der Waals surface area (Å²) in [5, 5.41) is 0. The van der Waals surface area contributed by atoms with Crippen molar-refractivity contribution in [3.63, 3.8) is 0 Å². The van der Waals surface area contributed by atoms with Crippen molar-refractivity contribution in [2.75, 3.05) is 7.11 Å². The Bertz CT molecular complexity index is 354. The molecule has 1 heterocycles. The molecule has 1 rings (SSSR count). The van der Waals surface area contributed by atoms with Crippen LogP contribution in [0.3, 0.4) is 0 Å². The average molecular weight is 265 g/mol. The van der Waals surface area contributed by atoms with Gasteiger partial charge in [0.05, 0.1) is 12.8 Å². The van der Waals surface area contributed by atoms with Gasteiger partial charge in [-0.05, 0) is 30.5 Å². The van der Waals surface area contributed by atoms with Crippen LogP contribution in [0.2, 0.25) is 0 Å². The van der Waals surface area contributed by atoms with Gasteiger partial charge in [-0.25, -0.2) is 4.79 Å². The van der Waals surface area contributed by atoms with E-state index in [-0.39, 0.29) is 5.97 Å². The number of carbonyl (C=O) groups excluding carboxylic acids is 1. The molecule has 1 aromatic rings. The quantitative estimate of drug-likeness (QED) is 0.589. The second kappa shape index (κ2) is 12.8. The predicted molar refractivity (Wildman–Crippen MR) is 81.8 cm³/mol. The molecule has 0 N–H and O–H groups in total. The van der Waals surface area contributed by atoms with E-state index in [0.717, 1.165) is 17.2 Å². The van der Waals surface area contributed by atoms with E-state index in [1.54, 1.807) is 6.20 Å². The van der Waals surface area contributed by atoms with Crippen LogP contribution in [0, 0.1) is 5.92 Å². The highest BCUT2D eigenvalue weighted by atomic mass is 16.5. The van der Waals surface area contributed by atoms with Gasteiger partial charge in [0.25, 0.3) is 0 Å². The normalized spacial score (nSPS) is 9.79. The summed E-state index contributed by atoms with van der Waals surface area (Å²) >= 11 is 0. The molecule has 0 saturated carbocycles. The molecule has 19 heavy (non-hydrogen) atoms. The van der Waals surface area contributed by atoms with E-state index in [1.807, 2.05) is 39.0 Å². The lowest BCUT2D eigenvalue weighted by Crippen LogP contribution is -1.96. The third-order valence-electron chi connectivity index (χ3n) is 1.60. The molecule has 0 aliphatic heterocycles. The predicted octanol–water partition coefficient (Wildman–Crippen LogP) is 4.35. The molecular formula is C16H27NO2. The molecule has 3 nitrogen and oxygen atoms in total. The van der Waals surface area contributed by atoms with Crippen molar-refractivity contribution in [1.82, 2.24) is 4.98 Å². The minimum Gasteiger partial charge on any atom is -0.466 e. The summed E-state index contributed by atoms with van der Waals surface area (Å²) < 4.78 is 4.50. The van der Waals surface area contributed by atoms with E-state index in [9.17, 15) is 4.79 Å². The van der Waals surface area contributed by atoms with E-state index in [1.165, 1.54) is 13.2 Å². The molecule has 0 bridgehead atoms. The van der Waals surface area contributed by atoms with Crippen LogP contribution >= 0.6 is 0 Å². The number of carbonyl (C=O) groups is 1. The third-order valence-corrected chi connectivity index (χ3v) is 1.60. The monoisotopic (exact) mass is 265 g/mol. The first-order chi connectivity index (χ1) is 8.97. The first-order valence-electron chi connectivity index (χ1n) is 6.65. The van der Waals surface area contributed by atoms with Crippen LogP contribution in [-0.2, 0) is 9.53 Å². The van der Waals surface area contributed by atoms with Crippen LogP contribution in [0.15, 0.2) is 30.5 Å². The number of esters is 1. The first-order valence-corrected chi connectivity index (χ1v) is 6.65. The van der Waals surface area contributed by atoms with Crippen molar-refractivity contribution < 1.29 is 9.53 Å². The summed E-state index contributed by atoms with van der Waals surface area (Å²) in [5.41, 5.74) is 1.58. The van der Waals surface area contributed by atoms with Gasteiger partial charge in [-0.15, -0.1) is 0 Å². The molecule has 0 saturated heterocycles. The fraction of sp³-hybridized carbons (Fsp3) is 0.500.